The molecule has 8 heteroatoms. The number of azo groups is 1. The second-order valence-corrected chi connectivity index (χ2v) is 5.47. The molecule has 1 aromatic heterocycles. The van der Waals surface area contributed by atoms with Gasteiger partial charge in [0.05, 0.1) is 20.2 Å². The van der Waals surface area contributed by atoms with Gasteiger partial charge < -0.3 is 0 Å². The zero-order chi connectivity index (χ0) is 14.8. The molecule has 3 aromatic rings. The number of halogens is 1. The fourth-order valence-electron chi connectivity index (χ4n) is 1.69. The van der Waals surface area contributed by atoms with Crippen LogP contribution in [-0.4, -0.2) is 9.91 Å². The third-order valence-electron chi connectivity index (χ3n) is 2.67. The normalized spacial score (nSPS) is 11.3. The fourth-order valence-corrected chi connectivity index (χ4v) is 2.68. The molecule has 0 N–H and O–H groups in total. The zero-order valence-corrected chi connectivity index (χ0v) is 12.0. The molecule has 0 fully saturated rings. The minimum Gasteiger partial charge on any atom is -0.258 e. The number of nitro benzene ring substituents is 1. The van der Waals surface area contributed by atoms with E-state index in [0.29, 0.717) is 26.1 Å². The maximum absolute atomic E-state index is 10.7. The van der Waals surface area contributed by atoms with Crippen molar-refractivity contribution in [3.63, 3.8) is 0 Å². The maximum atomic E-state index is 10.7. The van der Waals surface area contributed by atoms with E-state index in [-0.39, 0.29) is 5.69 Å². The Morgan fingerprint density at radius 1 is 1.19 bits per heavy atom. The number of aromatic nitrogens is 1. The molecule has 0 radical (unpaired) electrons. The van der Waals surface area contributed by atoms with E-state index in [0.717, 1.165) is 0 Å². The quantitative estimate of drug-likeness (QED) is 0.374. The summed E-state index contributed by atoms with van der Waals surface area (Å²) in [7, 11) is 0. The van der Waals surface area contributed by atoms with Crippen LogP contribution in [0.15, 0.2) is 52.7 Å². The van der Waals surface area contributed by atoms with Gasteiger partial charge in [0.1, 0.15) is 5.69 Å². The van der Waals surface area contributed by atoms with Crippen molar-refractivity contribution in [1.82, 2.24) is 4.98 Å². The Morgan fingerprint density at radius 2 is 2.00 bits per heavy atom. The van der Waals surface area contributed by atoms with E-state index in [1.54, 1.807) is 24.3 Å². The van der Waals surface area contributed by atoms with Gasteiger partial charge in [-0.25, -0.2) is 4.98 Å². The van der Waals surface area contributed by atoms with Gasteiger partial charge in [-0.1, -0.05) is 35.1 Å². The number of benzene rings is 2. The van der Waals surface area contributed by atoms with Gasteiger partial charge in [-0.05, 0) is 18.2 Å². The minimum absolute atomic E-state index is 0.0285. The van der Waals surface area contributed by atoms with Gasteiger partial charge in [-0.15, -0.1) is 10.2 Å². The Kier molecular flexibility index (Phi) is 3.59. The lowest BCUT2D eigenvalue weighted by Crippen LogP contribution is -1.85. The number of thiazole rings is 1. The molecule has 6 nitrogen and oxygen atoms in total. The summed E-state index contributed by atoms with van der Waals surface area (Å²) < 4.78 is 0.692. The topological polar surface area (TPSA) is 80.8 Å². The summed E-state index contributed by atoms with van der Waals surface area (Å²) in [6, 6.07) is 11.6. The number of non-ortho nitro benzene ring substituents is 1. The Hall–Kier alpha value is -2.38. The molecule has 0 saturated heterocycles. The number of hydrogen-bond donors (Lipinski definition) is 0. The first-order valence-electron chi connectivity index (χ1n) is 5.85. The summed E-state index contributed by atoms with van der Waals surface area (Å²) in [5, 5.41) is 19.7. The van der Waals surface area contributed by atoms with Crippen LogP contribution in [0, 0.1) is 10.1 Å². The summed E-state index contributed by atoms with van der Waals surface area (Å²) in [6.07, 6.45) is 0. The number of nitro groups is 1. The van der Waals surface area contributed by atoms with Gasteiger partial charge >= 0.3 is 0 Å². The van der Waals surface area contributed by atoms with Crippen LogP contribution in [0.1, 0.15) is 0 Å². The zero-order valence-electron chi connectivity index (χ0n) is 10.4. The molecule has 3 rings (SSSR count). The van der Waals surface area contributed by atoms with Gasteiger partial charge in [-0.3, -0.25) is 10.1 Å². The molecular weight excluding hydrogens is 312 g/mol. The van der Waals surface area contributed by atoms with E-state index in [9.17, 15) is 10.1 Å². The largest absolute Gasteiger partial charge is 0.270 e. The lowest BCUT2D eigenvalue weighted by molar-refractivity contribution is -0.384. The van der Waals surface area contributed by atoms with E-state index >= 15 is 0 Å². The molecule has 0 aliphatic carbocycles. The molecule has 104 valence electrons. The lowest BCUT2D eigenvalue weighted by Gasteiger charge is -1.93. The summed E-state index contributed by atoms with van der Waals surface area (Å²) in [6.45, 7) is 0. The van der Waals surface area contributed by atoms with Crippen LogP contribution in [0.5, 0.6) is 0 Å². The second-order valence-electron chi connectivity index (χ2n) is 4.06. The Bertz CT molecular complexity index is 862. The molecule has 0 aliphatic rings. The first kappa shape index (κ1) is 13.6. The highest BCUT2D eigenvalue weighted by atomic mass is 35.5. The van der Waals surface area contributed by atoms with Crippen molar-refractivity contribution in [1.29, 1.82) is 0 Å². The van der Waals surface area contributed by atoms with Crippen LogP contribution in [0.2, 0.25) is 5.02 Å². The average molecular weight is 319 g/mol. The van der Waals surface area contributed by atoms with Gasteiger partial charge in [0.25, 0.3) is 5.69 Å². The van der Waals surface area contributed by atoms with E-state index in [1.165, 1.54) is 23.5 Å². The van der Waals surface area contributed by atoms with Crippen molar-refractivity contribution in [3.05, 3.63) is 57.6 Å². The van der Waals surface area contributed by atoms with Gasteiger partial charge in [0.15, 0.2) is 0 Å². The summed E-state index contributed by atoms with van der Waals surface area (Å²) >= 11 is 7.21. The highest BCUT2D eigenvalue weighted by molar-refractivity contribution is 7.21. The standard InChI is InChI=1S/C13H7ClN4O2S/c14-9-3-1-2-4-10(9)16-17-13-15-11-6-5-8(18(19)20)7-12(11)21-13/h1-7H. The molecule has 1 heterocycles. The van der Waals surface area contributed by atoms with Crippen LogP contribution in [0.4, 0.5) is 16.5 Å². The molecule has 0 atom stereocenters. The third-order valence-corrected chi connectivity index (χ3v) is 3.89. The van der Waals surface area contributed by atoms with E-state index in [2.05, 4.69) is 15.2 Å². The molecular formula is C13H7ClN4O2S. The number of hydrogen-bond acceptors (Lipinski definition) is 6. The van der Waals surface area contributed by atoms with Crippen LogP contribution < -0.4 is 0 Å². The Labute approximate surface area is 127 Å². The Balaban J connectivity index is 1.95. The monoisotopic (exact) mass is 318 g/mol. The molecule has 0 amide bonds. The molecule has 0 unspecified atom stereocenters. The predicted molar refractivity (Wildman–Crippen MR) is 81.9 cm³/mol. The van der Waals surface area contributed by atoms with Crippen molar-refractivity contribution >= 4 is 49.7 Å². The van der Waals surface area contributed by atoms with E-state index in [4.69, 9.17) is 11.6 Å². The lowest BCUT2D eigenvalue weighted by atomic mass is 10.3. The predicted octanol–water partition coefficient (Wildman–Crippen LogP) is 5.27. The van der Waals surface area contributed by atoms with Crippen molar-refractivity contribution in [3.8, 4) is 0 Å². The minimum atomic E-state index is -0.440. The molecule has 0 bridgehead atoms. The third kappa shape index (κ3) is 2.88. The van der Waals surface area contributed by atoms with Gasteiger partial charge in [-0.2, -0.15) is 0 Å². The first-order chi connectivity index (χ1) is 10.1. The highest BCUT2D eigenvalue weighted by Gasteiger charge is 2.10. The second kappa shape index (κ2) is 5.55. The molecule has 2 aromatic carbocycles. The van der Waals surface area contributed by atoms with Crippen LogP contribution >= 0.6 is 22.9 Å². The van der Waals surface area contributed by atoms with E-state index < -0.39 is 4.92 Å². The van der Waals surface area contributed by atoms with Gasteiger partial charge in [0.2, 0.25) is 5.13 Å². The van der Waals surface area contributed by atoms with Gasteiger partial charge in [0, 0.05) is 12.1 Å². The molecule has 0 saturated carbocycles. The maximum Gasteiger partial charge on any atom is 0.270 e. The Morgan fingerprint density at radius 3 is 2.76 bits per heavy atom. The first-order valence-corrected chi connectivity index (χ1v) is 7.04. The van der Waals surface area contributed by atoms with Crippen LogP contribution in [0.25, 0.3) is 10.2 Å². The van der Waals surface area contributed by atoms with Crippen LogP contribution in [0.3, 0.4) is 0 Å². The van der Waals surface area contributed by atoms with Crippen LogP contribution in [-0.2, 0) is 0 Å². The average Bonchev–Trinajstić information content (AvgIpc) is 2.88. The van der Waals surface area contributed by atoms with Crippen molar-refractivity contribution < 1.29 is 4.92 Å². The number of fused-ring (bicyclic) bond motifs is 1. The fraction of sp³-hybridized carbons (Fsp3) is 0. The summed E-state index contributed by atoms with van der Waals surface area (Å²) in [5.74, 6) is 0. The number of nitrogens with zero attached hydrogens (tertiary/aromatic N) is 4. The smallest absolute Gasteiger partial charge is 0.258 e. The molecule has 21 heavy (non-hydrogen) atoms. The van der Waals surface area contributed by atoms with Crippen molar-refractivity contribution in [2.24, 2.45) is 10.2 Å². The van der Waals surface area contributed by atoms with Crippen molar-refractivity contribution in [2.45, 2.75) is 0 Å². The SMILES string of the molecule is O=[N+]([O-])c1ccc2nc(N=Nc3ccccc3Cl)sc2c1. The number of rotatable bonds is 3. The summed E-state index contributed by atoms with van der Waals surface area (Å²) in [5.41, 5.74) is 1.23. The molecule has 0 spiro atoms. The van der Waals surface area contributed by atoms with Crippen molar-refractivity contribution in [2.75, 3.05) is 0 Å². The molecule has 0 aliphatic heterocycles. The highest BCUT2D eigenvalue weighted by Crippen LogP contribution is 2.32. The summed E-state index contributed by atoms with van der Waals surface area (Å²) in [4.78, 5) is 14.5. The van der Waals surface area contributed by atoms with E-state index in [1.807, 2.05) is 6.07 Å².